The van der Waals surface area contributed by atoms with Crippen LogP contribution in [0.5, 0.6) is 0 Å². The molecule has 0 heterocycles. The zero-order valence-corrected chi connectivity index (χ0v) is 16.9. The van der Waals surface area contributed by atoms with Crippen LogP contribution in [0.15, 0.2) is 12.2 Å². The van der Waals surface area contributed by atoms with Gasteiger partial charge in [-0.1, -0.05) is 19.1 Å². The Labute approximate surface area is 156 Å². The highest BCUT2D eigenvalue weighted by molar-refractivity contribution is 5.13. The molecule has 0 amide bonds. The maximum absolute atomic E-state index is 5.76. The van der Waals surface area contributed by atoms with E-state index in [1.165, 1.54) is 63.4 Å². The molecule has 8 unspecified atom stereocenters. The number of fused-ring (bicyclic) bond motifs is 5. The van der Waals surface area contributed by atoms with Gasteiger partial charge in [0, 0.05) is 13.2 Å². The van der Waals surface area contributed by atoms with E-state index in [2.05, 4.69) is 27.4 Å². The first-order valence-corrected chi connectivity index (χ1v) is 11.3. The fraction of sp³-hybridized carbons (Fsp3) is 0.917. The first-order chi connectivity index (χ1) is 12.0. The predicted octanol–water partition coefficient (Wildman–Crippen LogP) is 6.48. The Morgan fingerprint density at radius 2 is 1.80 bits per heavy atom. The van der Waals surface area contributed by atoms with Crippen LogP contribution >= 0.6 is 0 Å². The van der Waals surface area contributed by atoms with Crippen LogP contribution in [-0.2, 0) is 4.74 Å². The molecule has 0 aliphatic heterocycles. The Bertz CT molecular complexity index is 496. The Morgan fingerprint density at radius 3 is 2.56 bits per heavy atom. The van der Waals surface area contributed by atoms with E-state index in [1.807, 2.05) is 0 Å². The lowest BCUT2D eigenvalue weighted by molar-refractivity contribution is -0.0694. The van der Waals surface area contributed by atoms with Crippen LogP contribution in [0.25, 0.3) is 0 Å². The molecule has 0 aromatic heterocycles. The molecule has 4 saturated carbocycles. The lowest BCUT2D eigenvalue weighted by Crippen LogP contribution is -2.48. The molecular weight excluding hydrogens is 304 g/mol. The normalized spacial score (nSPS) is 49.2. The number of ether oxygens (including phenoxy) is 1. The lowest BCUT2D eigenvalue weighted by Gasteiger charge is -2.56. The van der Waals surface area contributed by atoms with Gasteiger partial charge in [0.25, 0.3) is 0 Å². The molecule has 4 aliphatic rings. The quantitative estimate of drug-likeness (QED) is 0.530. The van der Waals surface area contributed by atoms with Gasteiger partial charge < -0.3 is 4.74 Å². The summed E-state index contributed by atoms with van der Waals surface area (Å²) in [6.07, 6.45) is 13.3. The molecule has 1 nitrogen and oxygen atoms in total. The number of allylic oxidation sites excluding steroid dienone is 1. The minimum absolute atomic E-state index is 0.575. The summed E-state index contributed by atoms with van der Waals surface area (Å²) in [6.45, 7) is 13.3. The second kappa shape index (κ2) is 7.02. The van der Waals surface area contributed by atoms with Gasteiger partial charge in [-0.15, -0.1) is 0 Å². The van der Waals surface area contributed by atoms with Crippen molar-refractivity contribution in [3.8, 4) is 0 Å². The van der Waals surface area contributed by atoms with Gasteiger partial charge in [-0.2, -0.15) is 0 Å². The van der Waals surface area contributed by atoms with Crippen LogP contribution in [-0.4, -0.2) is 13.2 Å². The van der Waals surface area contributed by atoms with Crippen LogP contribution in [0.4, 0.5) is 0 Å². The second-order valence-corrected chi connectivity index (χ2v) is 10.3. The Balaban J connectivity index is 1.45. The number of rotatable bonds is 4. The predicted molar refractivity (Wildman–Crippen MR) is 105 cm³/mol. The van der Waals surface area contributed by atoms with Crippen molar-refractivity contribution in [1.29, 1.82) is 0 Å². The van der Waals surface area contributed by atoms with Crippen molar-refractivity contribution in [2.24, 2.45) is 46.8 Å². The first-order valence-electron chi connectivity index (χ1n) is 11.3. The molecule has 4 rings (SSSR count). The lowest BCUT2D eigenvalue weighted by atomic mass is 9.49. The molecule has 142 valence electrons. The van der Waals surface area contributed by atoms with Gasteiger partial charge in [-0.3, -0.25) is 0 Å². The maximum Gasteiger partial charge on any atom is 0.0494 e. The van der Waals surface area contributed by atoms with Crippen LogP contribution < -0.4 is 0 Å². The van der Waals surface area contributed by atoms with Gasteiger partial charge >= 0.3 is 0 Å². The third kappa shape index (κ3) is 3.03. The average molecular weight is 345 g/mol. The van der Waals surface area contributed by atoms with Crippen molar-refractivity contribution < 1.29 is 4.74 Å². The molecule has 25 heavy (non-hydrogen) atoms. The molecule has 0 aromatic rings. The topological polar surface area (TPSA) is 9.23 Å². The van der Waals surface area contributed by atoms with Crippen LogP contribution in [0, 0.1) is 46.8 Å². The number of hydrogen-bond donors (Lipinski definition) is 0. The zero-order valence-electron chi connectivity index (χ0n) is 16.9. The summed E-state index contributed by atoms with van der Waals surface area (Å²) >= 11 is 0. The summed E-state index contributed by atoms with van der Waals surface area (Å²) in [5.41, 5.74) is 2.04. The van der Waals surface area contributed by atoms with Crippen LogP contribution in [0.2, 0.25) is 0 Å². The minimum Gasteiger partial charge on any atom is -0.381 e. The Morgan fingerprint density at radius 1 is 1.00 bits per heavy atom. The van der Waals surface area contributed by atoms with Gasteiger partial charge in [-0.25, -0.2) is 0 Å². The summed E-state index contributed by atoms with van der Waals surface area (Å²) in [5.74, 6) is 6.80. The standard InChI is InChI=1S/C24H40O/c1-5-25-15-17-6-8-19-18(14-17)7-9-21-20(19)12-13-24(4)22(16(2)3)10-11-23(21)24/h17-23H,2,5-15H2,1,3-4H3. The summed E-state index contributed by atoms with van der Waals surface area (Å²) in [4.78, 5) is 0. The van der Waals surface area contributed by atoms with Gasteiger partial charge in [-0.05, 0) is 118 Å². The van der Waals surface area contributed by atoms with E-state index in [4.69, 9.17) is 4.74 Å². The minimum atomic E-state index is 0.575. The van der Waals surface area contributed by atoms with Crippen LogP contribution in [0.3, 0.4) is 0 Å². The highest BCUT2D eigenvalue weighted by Crippen LogP contribution is 2.65. The molecule has 0 spiro atoms. The highest BCUT2D eigenvalue weighted by atomic mass is 16.5. The largest absolute Gasteiger partial charge is 0.381 e. The van der Waals surface area contributed by atoms with E-state index in [9.17, 15) is 0 Å². The van der Waals surface area contributed by atoms with Crippen LogP contribution in [0.1, 0.15) is 78.6 Å². The van der Waals surface area contributed by atoms with E-state index in [1.54, 1.807) is 0 Å². The summed E-state index contributed by atoms with van der Waals surface area (Å²) in [5, 5.41) is 0. The maximum atomic E-state index is 5.76. The molecule has 0 N–H and O–H groups in total. The van der Waals surface area contributed by atoms with Gasteiger partial charge in [0.15, 0.2) is 0 Å². The van der Waals surface area contributed by atoms with Gasteiger partial charge in [0.05, 0.1) is 0 Å². The van der Waals surface area contributed by atoms with E-state index >= 15 is 0 Å². The van der Waals surface area contributed by atoms with Crippen molar-refractivity contribution in [3.63, 3.8) is 0 Å². The zero-order chi connectivity index (χ0) is 17.6. The molecule has 0 bridgehead atoms. The summed E-state index contributed by atoms with van der Waals surface area (Å²) < 4.78 is 5.76. The summed E-state index contributed by atoms with van der Waals surface area (Å²) in [7, 11) is 0. The Hall–Kier alpha value is -0.300. The molecule has 0 radical (unpaired) electrons. The second-order valence-electron chi connectivity index (χ2n) is 10.3. The molecular formula is C24H40O. The third-order valence-electron chi connectivity index (χ3n) is 9.22. The van der Waals surface area contributed by atoms with Gasteiger partial charge in [0.2, 0.25) is 0 Å². The third-order valence-corrected chi connectivity index (χ3v) is 9.22. The smallest absolute Gasteiger partial charge is 0.0494 e. The van der Waals surface area contributed by atoms with Crippen molar-refractivity contribution in [3.05, 3.63) is 12.2 Å². The molecule has 1 heteroatoms. The monoisotopic (exact) mass is 344 g/mol. The summed E-state index contributed by atoms with van der Waals surface area (Å²) in [6, 6.07) is 0. The van der Waals surface area contributed by atoms with Crippen molar-refractivity contribution in [2.45, 2.75) is 78.6 Å². The van der Waals surface area contributed by atoms with E-state index in [-0.39, 0.29) is 0 Å². The van der Waals surface area contributed by atoms with E-state index < -0.39 is 0 Å². The number of hydrogen-bond acceptors (Lipinski definition) is 1. The SMILES string of the molecule is C=C(C)C1CCC2C3CCC4CC(COCC)CCC4C3CCC12C. The molecule has 4 fully saturated rings. The average Bonchev–Trinajstić information content (AvgIpc) is 2.97. The molecule has 8 atom stereocenters. The fourth-order valence-electron chi connectivity index (χ4n) is 8.20. The fourth-order valence-corrected chi connectivity index (χ4v) is 8.20. The van der Waals surface area contributed by atoms with Crippen molar-refractivity contribution >= 4 is 0 Å². The molecule has 0 aromatic carbocycles. The van der Waals surface area contributed by atoms with Crippen molar-refractivity contribution in [2.75, 3.05) is 13.2 Å². The van der Waals surface area contributed by atoms with E-state index in [0.717, 1.165) is 54.6 Å². The first kappa shape index (κ1) is 18.1. The van der Waals surface area contributed by atoms with E-state index in [0.29, 0.717) is 5.41 Å². The highest BCUT2D eigenvalue weighted by Gasteiger charge is 2.56. The molecule has 0 saturated heterocycles. The molecule has 4 aliphatic carbocycles. The Kier molecular flexibility index (Phi) is 5.08. The van der Waals surface area contributed by atoms with Gasteiger partial charge in [0.1, 0.15) is 0 Å². The van der Waals surface area contributed by atoms with Crippen molar-refractivity contribution in [1.82, 2.24) is 0 Å².